The third kappa shape index (κ3) is 7.04. The Hall–Kier alpha value is -2.08. The molecule has 0 radical (unpaired) electrons. The first-order valence-electron chi connectivity index (χ1n) is 9.43. The molecule has 6 nitrogen and oxygen atoms in total. The van der Waals surface area contributed by atoms with Gasteiger partial charge in [-0.25, -0.2) is 0 Å². The van der Waals surface area contributed by atoms with Gasteiger partial charge < -0.3 is 14.8 Å². The van der Waals surface area contributed by atoms with E-state index in [4.69, 9.17) is 9.47 Å². The lowest BCUT2D eigenvalue weighted by Crippen LogP contribution is -2.44. The van der Waals surface area contributed by atoms with Gasteiger partial charge in [0.05, 0.1) is 25.7 Å². The molecular formula is C20H30N2O4. The van der Waals surface area contributed by atoms with Gasteiger partial charge in [0.1, 0.15) is 5.75 Å². The second-order valence-electron chi connectivity index (χ2n) is 6.69. The number of benzene rings is 1. The predicted molar refractivity (Wildman–Crippen MR) is 100 cm³/mol. The largest absolute Gasteiger partial charge is 0.494 e. The molecule has 1 saturated heterocycles. The number of piperidine rings is 1. The van der Waals surface area contributed by atoms with Crippen LogP contribution < -0.4 is 10.1 Å². The molecule has 1 heterocycles. The summed E-state index contributed by atoms with van der Waals surface area (Å²) in [5.41, 5.74) is 1.17. The van der Waals surface area contributed by atoms with Crippen molar-refractivity contribution >= 4 is 11.9 Å². The number of carbonyl (C=O) groups is 2. The van der Waals surface area contributed by atoms with E-state index < -0.39 is 0 Å². The summed E-state index contributed by atoms with van der Waals surface area (Å²) < 4.78 is 10.8. The van der Waals surface area contributed by atoms with Crippen molar-refractivity contribution in [1.29, 1.82) is 0 Å². The highest BCUT2D eigenvalue weighted by molar-refractivity contribution is 5.78. The third-order valence-electron chi connectivity index (χ3n) is 4.39. The van der Waals surface area contributed by atoms with Crippen LogP contribution in [0.15, 0.2) is 24.3 Å². The van der Waals surface area contributed by atoms with Crippen LogP contribution in [0.2, 0.25) is 0 Å². The standard InChI is InChI=1S/C20H30N2O4/c1-3-25-20(24)17-8-5-11-22(14-17)15-19(23)21-10-6-12-26-18-9-4-7-16(2)13-18/h4,7,9,13,17H,3,5-6,8,10-12,14-15H2,1-2H3,(H,21,23). The number of nitrogens with zero attached hydrogens (tertiary/aromatic N) is 1. The number of hydrogen-bond donors (Lipinski definition) is 1. The Morgan fingerprint density at radius 3 is 2.96 bits per heavy atom. The highest BCUT2D eigenvalue weighted by atomic mass is 16.5. The minimum Gasteiger partial charge on any atom is -0.494 e. The molecule has 1 atom stereocenters. The SMILES string of the molecule is CCOC(=O)C1CCCN(CC(=O)NCCCOc2cccc(C)c2)C1. The Labute approximate surface area is 155 Å². The van der Waals surface area contributed by atoms with Crippen molar-refractivity contribution in [3.63, 3.8) is 0 Å². The van der Waals surface area contributed by atoms with E-state index in [1.54, 1.807) is 0 Å². The van der Waals surface area contributed by atoms with Crippen molar-refractivity contribution in [1.82, 2.24) is 10.2 Å². The minimum absolute atomic E-state index is 0.00920. The average molecular weight is 362 g/mol. The first-order valence-corrected chi connectivity index (χ1v) is 9.43. The molecule has 0 spiro atoms. The Morgan fingerprint density at radius 2 is 2.19 bits per heavy atom. The van der Waals surface area contributed by atoms with Gasteiger partial charge in [0.2, 0.25) is 5.91 Å². The van der Waals surface area contributed by atoms with Crippen LogP contribution in [0.1, 0.15) is 31.7 Å². The highest BCUT2D eigenvalue weighted by Crippen LogP contribution is 2.17. The molecule has 144 valence electrons. The quantitative estimate of drug-likeness (QED) is 0.539. The minimum atomic E-state index is -0.147. The van der Waals surface area contributed by atoms with E-state index >= 15 is 0 Å². The van der Waals surface area contributed by atoms with E-state index in [9.17, 15) is 9.59 Å². The summed E-state index contributed by atoms with van der Waals surface area (Å²) >= 11 is 0. The summed E-state index contributed by atoms with van der Waals surface area (Å²) in [6.07, 6.45) is 2.51. The van der Waals surface area contributed by atoms with Gasteiger partial charge in [-0.3, -0.25) is 14.5 Å². The topological polar surface area (TPSA) is 67.9 Å². The zero-order valence-electron chi connectivity index (χ0n) is 15.8. The third-order valence-corrected chi connectivity index (χ3v) is 4.39. The van der Waals surface area contributed by atoms with Crippen LogP contribution in [-0.2, 0) is 14.3 Å². The lowest BCUT2D eigenvalue weighted by Gasteiger charge is -2.30. The monoisotopic (exact) mass is 362 g/mol. The molecule has 1 fully saturated rings. The molecule has 1 N–H and O–H groups in total. The number of esters is 1. The molecule has 1 unspecified atom stereocenters. The van der Waals surface area contributed by atoms with Gasteiger partial charge in [-0.05, 0) is 57.4 Å². The van der Waals surface area contributed by atoms with E-state index in [0.717, 1.165) is 31.6 Å². The molecule has 6 heteroatoms. The van der Waals surface area contributed by atoms with Gasteiger partial charge in [-0.2, -0.15) is 0 Å². The van der Waals surface area contributed by atoms with Gasteiger partial charge >= 0.3 is 5.97 Å². The number of amides is 1. The maximum absolute atomic E-state index is 12.1. The molecule has 1 amide bonds. The number of rotatable bonds is 9. The first kappa shape index (κ1) is 20.2. The Balaban J connectivity index is 1.60. The molecule has 0 saturated carbocycles. The smallest absolute Gasteiger partial charge is 0.310 e. The predicted octanol–water partition coefficient (Wildman–Crippen LogP) is 2.16. The van der Waals surface area contributed by atoms with Crippen molar-refractivity contribution in [3.8, 4) is 5.75 Å². The number of aryl methyl sites for hydroxylation is 1. The molecule has 0 aliphatic carbocycles. The van der Waals surface area contributed by atoms with Gasteiger partial charge in [0.15, 0.2) is 0 Å². The van der Waals surface area contributed by atoms with Crippen LogP contribution in [0.4, 0.5) is 0 Å². The summed E-state index contributed by atoms with van der Waals surface area (Å²) in [5.74, 6) is 0.588. The summed E-state index contributed by atoms with van der Waals surface area (Å²) in [5, 5.41) is 2.92. The molecule has 1 aromatic rings. The summed E-state index contributed by atoms with van der Waals surface area (Å²) in [4.78, 5) is 26.0. The zero-order valence-corrected chi connectivity index (χ0v) is 15.8. The lowest BCUT2D eigenvalue weighted by molar-refractivity contribution is -0.150. The van der Waals surface area contributed by atoms with E-state index in [2.05, 4.69) is 5.32 Å². The van der Waals surface area contributed by atoms with Crippen LogP contribution in [0.25, 0.3) is 0 Å². The van der Waals surface area contributed by atoms with E-state index in [1.165, 1.54) is 5.56 Å². The molecule has 2 rings (SSSR count). The van der Waals surface area contributed by atoms with Gasteiger partial charge in [-0.1, -0.05) is 12.1 Å². The number of nitrogens with one attached hydrogen (secondary N) is 1. The maximum Gasteiger partial charge on any atom is 0.310 e. The molecule has 1 aliphatic heterocycles. The number of hydrogen-bond acceptors (Lipinski definition) is 5. The summed E-state index contributed by atoms with van der Waals surface area (Å²) in [6.45, 7) is 7.17. The fourth-order valence-corrected chi connectivity index (χ4v) is 3.11. The number of carbonyl (C=O) groups excluding carboxylic acids is 2. The molecule has 26 heavy (non-hydrogen) atoms. The second-order valence-corrected chi connectivity index (χ2v) is 6.69. The van der Waals surface area contributed by atoms with Crippen LogP contribution in [0, 0.1) is 12.8 Å². The normalized spacial score (nSPS) is 17.5. The zero-order chi connectivity index (χ0) is 18.8. The molecule has 0 aromatic heterocycles. The second kappa shape index (κ2) is 10.8. The fraction of sp³-hybridized carbons (Fsp3) is 0.600. The van der Waals surface area contributed by atoms with Gasteiger partial charge in [0, 0.05) is 13.1 Å². The van der Waals surface area contributed by atoms with Crippen LogP contribution >= 0.6 is 0 Å². The fourth-order valence-electron chi connectivity index (χ4n) is 3.11. The van der Waals surface area contributed by atoms with E-state index in [1.807, 2.05) is 43.0 Å². The molecule has 1 aliphatic rings. The average Bonchev–Trinajstić information content (AvgIpc) is 2.62. The van der Waals surface area contributed by atoms with Crippen LogP contribution in [-0.4, -0.2) is 56.2 Å². The van der Waals surface area contributed by atoms with Crippen molar-refractivity contribution in [2.75, 3.05) is 39.4 Å². The van der Waals surface area contributed by atoms with Crippen molar-refractivity contribution in [3.05, 3.63) is 29.8 Å². The van der Waals surface area contributed by atoms with Crippen LogP contribution in [0.3, 0.4) is 0 Å². The number of ether oxygens (including phenoxy) is 2. The van der Waals surface area contributed by atoms with Crippen molar-refractivity contribution < 1.29 is 19.1 Å². The maximum atomic E-state index is 12.1. The molecule has 0 bridgehead atoms. The molecule has 1 aromatic carbocycles. The van der Waals surface area contributed by atoms with Gasteiger partial charge in [0.25, 0.3) is 0 Å². The summed E-state index contributed by atoms with van der Waals surface area (Å²) in [6, 6.07) is 7.92. The molecular weight excluding hydrogens is 332 g/mol. The highest BCUT2D eigenvalue weighted by Gasteiger charge is 2.27. The van der Waals surface area contributed by atoms with E-state index in [0.29, 0.717) is 32.8 Å². The Morgan fingerprint density at radius 1 is 1.35 bits per heavy atom. The van der Waals surface area contributed by atoms with E-state index in [-0.39, 0.29) is 17.8 Å². The number of likely N-dealkylation sites (tertiary alicyclic amines) is 1. The lowest BCUT2D eigenvalue weighted by atomic mass is 9.98. The first-order chi connectivity index (χ1) is 12.6. The van der Waals surface area contributed by atoms with Crippen molar-refractivity contribution in [2.24, 2.45) is 5.92 Å². The Bertz CT molecular complexity index is 591. The van der Waals surface area contributed by atoms with Crippen molar-refractivity contribution in [2.45, 2.75) is 33.1 Å². The Kier molecular flexibility index (Phi) is 8.41. The van der Waals surface area contributed by atoms with Gasteiger partial charge in [-0.15, -0.1) is 0 Å². The van der Waals surface area contributed by atoms with Crippen LogP contribution in [0.5, 0.6) is 5.75 Å². The summed E-state index contributed by atoms with van der Waals surface area (Å²) in [7, 11) is 0.